The number of amides is 1. The maximum atomic E-state index is 13.4. The molecule has 1 aliphatic heterocycles. The number of carbonyl (C=O) groups is 1. The van der Waals surface area contributed by atoms with Gasteiger partial charge in [0.2, 0.25) is 5.91 Å². The smallest absolute Gasteiger partial charge is 0.298 e. The van der Waals surface area contributed by atoms with E-state index in [2.05, 4.69) is 15.2 Å². The maximum absolute atomic E-state index is 13.4. The number of oxazole rings is 1. The van der Waals surface area contributed by atoms with Crippen molar-refractivity contribution in [1.29, 1.82) is 0 Å². The highest BCUT2D eigenvalue weighted by Crippen LogP contribution is 2.29. The number of halogens is 1. The Labute approximate surface area is 162 Å². The molecule has 0 unspecified atom stereocenters. The zero-order chi connectivity index (χ0) is 19.5. The van der Waals surface area contributed by atoms with E-state index in [1.54, 1.807) is 0 Å². The van der Waals surface area contributed by atoms with E-state index >= 15 is 0 Å². The minimum Gasteiger partial charge on any atom is -0.492 e. The van der Waals surface area contributed by atoms with E-state index in [-0.39, 0.29) is 11.8 Å². The SMILES string of the molecule is CCOc1cc(F)ccc1NC(=O)C1CCN(c2nc3ccccc3o2)CC1. The molecule has 1 fully saturated rings. The van der Waals surface area contributed by atoms with Crippen molar-refractivity contribution < 1.29 is 18.3 Å². The molecule has 2 heterocycles. The van der Waals surface area contributed by atoms with E-state index in [1.165, 1.54) is 18.2 Å². The lowest BCUT2D eigenvalue weighted by atomic mass is 9.96. The van der Waals surface area contributed by atoms with Crippen molar-refractivity contribution in [3.63, 3.8) is 0 Å². The largest absolute Gasteiger partial charge is 0.492 e. The second-order valence-corrected chi connectivity index (χ2v) is 6.79. The molecule has 1 amide bonds. The van der Waals surface area contributed by atoms with E-state index in [1.807, 2.05) is 31.2 Å². The number of anilines is 2. The minimum absolute atomic E-state index is 0.0789. The zero-order valence-corrected chi connectivity index (χ0v) is 15.7. The molecule has 0 aliphatic carbocycles. The lowest BCUT2D eigenvalue weighted by Gasteiger charge is -2.30. The number of ether oxygens (including phenoxy) is 1. The van der Waals surface area contributed by atoms with Crippen LogP contribution in [0.2, 0.25) is 0 Å². The molecule has 2 aromatic carbocycles. The molecule has 28 heavy (non-hydrogen) atoms. The van der Waals surface area contributed by atoms with Crippen LogP contribution in [-0.4, -0.2) is 30.6 Å². The predicted molar refractivity (Wildman–Crippen MR) is 105 cm³/mol. The van der Waals surface area contributed by atoms with Gasteiger partial charge < -0.3 is 19.4 Å². The fourth-order valence-electron chi connectivity index (χ4n) is 3.44. The Morgan fingerprint density at radius 3 is 2.82 bits per heavy atom. The normalized spacial score (nSPS) is 15.0. The van der Waals surface area contributed by atoms with Gasteiger partial charge in [-0.3, -0.25) is 4.79 Å². The fourth-order valence-corrected chi connectivity index (χ4v) is 3.44. The summed E-state index contributed by atoms with van der Waals surface area (Å²) < 4.78 is 24.7. The third-order valence-electron chi connectivity index (χ3n) is 4.92. The third kappa shape index (κ3) is 3.78. The molecule has 0 saturated carbocycles. The topological polar surface area (TPSA) is 67.6 Å². The van der Waals surface area contributed by atoms with Crippen LogP contribution >= 0.6 is 0 Å². The molecule has 1 N–H and O–H groups in total. The first-order valence-corrected chi connectivity index (χ1v) is 9.48. The lowest BCUT2D eigenvalue weighted by Crippen LogP contribution is -2.38. The number of piperidine rings is 1. The average molecular weight is 383 g/mol. The van der Waals surface area contributed by atoms with Crippen LogP contribution in [0.5, 0.6) is 5.75 Å². The van der Waals surface area contributed by atoms with Crippen LogP contribution in [0.4, 0.5) is 16.1 Å². The number of para-hydroxylation sites is 2. The molecule has 4 rings (SSSR count). The summed E-state index contributed by atoms with van der Waals surface area (Å²) in [6, 6.07) is 12.4. The summed E-state index contributed by atoms with van der Waals surface area (Å²) in [5.74, 6) is -0.252. The van der Waals surface area contributed by atoms with Gasteiger partial charge >= 0.3 is 0 Å². The minimum atomic E-state index is -0.395. The van der Waals surface area contributed by atoms with Crippen LogP contribution in [0.15, 0.2) is 46.9 Å². The summed E-state index contributed by atoms with van der Waals surface area (Å²) in [4.78, 5) is 19.3. The monoisotopic (exact) mass is 383 g/mol. The Bertz CT molecular complexity index is 947. The highest BCUT2D eigenvalue weighted by molar-refractivity contribution is 5.94. The lowest BCUT2D eigenvalue weighted by molar-refractivity contribution is -0.120. The number of hydrogen-bond donors (Lipinski definition) is 1. The summed E-state index contributed by atoms with van der Waals surface area (Å²) in [5, 5.41) is 2.88. The third-order valence-corrected chi connectivity index (χ3v) is 4.92. The van der Waals surface area contributed by atoms with Crippen molar-refractivity contribution in [2.75, 3.05) is 29.9 Å². The number of rotatable bonds is 5. The van der Waals surface area contributed by atoms with Gasteiger partial charge in [-0.25, -0.2) is 4.39 Å². The molecular weight excluding hydrogens is 361 g/mol. The second kappa shape index (κ2) is 7.88. The molecule has 0 bridgehead atoms. The number of benzene rings is 2. The standard InChI is InChI=1S/C21H22FN3O3/c1-2-27-19-13-15(22)7-8-17(19)23-20(26)14-9-11-25(12-10-14)21-24-16-5-3-4-6-18(16)28-21/h3-8,13-14H,2,9-12H2,1H3,(H,23,26). The van der Waals surface area contributed by atoms with E-state index in [9.17, 15) is 9.18 Å². The highest BCUT2D eigenvalue weighted by atomic mass is 19.1. The second-order valence-electron chi connectivity index (χ2n) is 6.79. The van der Waals surface area contributed by atoms with Gasteiger partial charge in [-0.1, -0.05) is 12.1 Å². The number of hydrogen-bond acceptors (Lipinski definition) is 5. The van der Waals surface area contributed by atoms with Crippen molar-refractivity contribution in [1.82, 2.24) is 4.98 Å². The molecule has 6 nitrogen and oxygen atoms in total. The number of fused-ring (bicyclic) bond motifs is 1. The molecule has 0 radical (unpaired) electrons. The van der Waals surface area contributed by atoms with Crippen LogP contribution < -0.4 is 15.0 Å². The first-order chi connectivity index (χ1) is 13.6. The molecule has 1 saturated heterocycles. The van der Waals surface area contributed by atoms with Gasteiger partial charge in [-0.15, -0.1) is 0 Å². The van der Waals surface area contributed by atoms with Crippen LogP contribution in [0.1, 0.15) is 19.8 Å². The van der Waals surface area contributed by atoms with E-state index < -0.39 is 5.82 Å². The summed E-state index contributed by atoms with van der Waals surface area (Å²) in [7, 11) is 0. The van der Waals surface area contributed by atoms with E-state index in [0.29, 0.717) is 50.0 Å². The highest BCUT2D eigenvalue weighted by Gasteiger charge is 2.27. The molecular formula is C21H22FN3O3. The van der Waals surface area contributed by atoms with E-state index in [4.69, 9.17) is 9.15 Å². The van der Waals surface area contributed by atoms with Crippen LogP contribution in [-0.2, 0) is 4.79 Å². The van der Waals surface area contributed by atoms with Gasteiger partial charge in [0.1, 0.15) is 17.1 Å². The van der Waals surface area contributed by atoms with Crippen molar-refractivity contribution in [2.45, 2.75) is 19.8 Å². The Morgan fingerprint density at radius 1 is 1.29 bits per heavy atom. The van der Waals surface area contributed by atoms with Gasteiger partial charge in [0.05, 0.1) is 12.3 Å². The van der Waals surface area contributed by atoms with Crippen molar-refractivity contribution in [2.24, 2.45) is 5.92 Å². The zero-order valence-electron chi connectivity index (χ0n) is 15.7. The van der Waals surface area contributed by atoms with Gasteiger partial charge in [0, 0.05) is 25.1 Å². The van der Waals surface area contributed by atoms with Crippen molar-refractivity contribution >= 4 is 28.7 Å². The Morgan fingerprint density at radius 2 is 2.07 bits per heavy atom. The molecule has 1 aliphatic rings. The molecule has 7 heteroatoms. The quantitative estimate of drug-likeness (QED) is 0.714. The molecule has 0 atom stereocenters. The molecule has 0 spiro atoms. The first kappa shape index (κ1) is 18.3. The molecule has 1 aromatic heterocycles. The predicted octanol–water partition coefficient (Wildman–Crippen LogP) is 4.22. The van der Waals surface area contributed by atoms with E-state index in [0.717, 1.165) is 11.1 Å². The van der Waals surface area contributed by atoms with Crippen LogP contribution in [0, 0.1) is 11.7 Å². The fraction of sp³-hybridized carbons (Fsp3) is 0.333. The molecule has 3 aromatic rings. The number of aromatic nitrogens is 1. The van der Waals surface area contributed by atoms with Crippen LogP contribution in [0.25, 0.3) is 11.1 Å². The number of nitrogens with zero attached hydrogens (tertiary/aromatic N) is 2. The van der Waals surface area contributed by atoms with Gasteiger partial charge in [-0.05, 0) is 44.0 Å². The Kier molecular flexibility index (Phi) is 5.14. The summed E-state index contributed by atoms with van der Waals surface area (Å²) in [5.41, 5.74) is 2.09. The van der Waals surface area contributed by atoms with Gasteiger partial charge in [0.25, 0.3) is 6.01 Å². The van der Waals surface area contributed by atoms with Crippen molar-refractivity contribution in [3.8, 4) is 5.75 Å². The average Bonchev–Trinajstić information content (AvgIpc) is 3.14. The molecule has 146 valence electrons. The first-order valence-electron chi connectivity index (χ1n) is 9.48. The summed E-state index contributed by atoms with van der Waals surface area (Å²) in [6.45, 7) is 3.59. The Hall–Kier alpha value is -3.09. The van der Waals surface area contributed by atoms with Crippen LogP contribution in [0.3, 0.4) is 0 Å². The van der Waals surface area contributed by atoms with Crippen molar-refractivity contribution in [3.05, 3.63) is 48.3 Å². The Balaban J connectivity index is 1.39. The summed E-state index contributed by atoms with van der Waals surface area (Å²) >= 11 is 0. The van der Waals surface area contributed by atoms with Gasteiger partial charge in [0.15, 0.2) is 5.58 Å². The number of carbonyl (C=O) groups excluding carboxylic acids is 1. The van der Waals surface area contributed by atoms with Gasteiger partial charge in [-0.2, -0.15) is 4.98 Å². The summed E-state index contributed by atoms with van der Waals surface area (Å²) in [6.07, 6.45) is 1.38. The number of nitrogens with one attached hydrogen (secondary N) is 1. The maximum Gasteiger partial charge on any atom is 0.298 e.